The van der Waals surface area contributed by atoms with E-state index in [1.165, 1.54) is 5.56 Å². The Morgan fingerprint density at radius 1 is 1.56 bits per heavy atom. The Labute approximate surface area is 112 Å². The molecule has 1 aliphatic heterocycles. The second kappa shape index (κ2) is 5.83. The number of aliphatic imine (C=N–C) groups is 1. The van der Waals surface area contributed by atoms with Gasteiger partial charge >= 0.3 is 0 Å². The fourth-order valence-corrected chi connectivity index (χ4v) is 2.12. The molecule has 0 saturated heterocycles. The Hall–Kier alpha value is -1.61. The Kier molecular flexibility index (Phi) is 4.15. The summed E-state index contributed by atoms with van der Waals surface area (Å²) in [5.74, 6) is 0.843. The molecule has 0 amide bonds. The van der Waals surface area contributed by atoms with Gasteiger partial charge in [-0.15, -0.1) is 0 Å². The number of ether oxygens (including phenoxy) is 1. The number of benzene rings is 1. The minimum atomic E-state index is 0.119. The predicted molar refractivity (Wildman–Crippen MR) is 75.4 cm³/mol. The minimum Gasteiger partial charge on any atom is -0.490 e. The molecular weight excluding hydrogens is 248 g/mol. The van der Waals surface area contributed by atoms with Crippen LogP contribution in [0.25, 0.3) is 0 Å². The molecule has 4 heteroatoms. The molecule has 1 aromatic rings. The zero-order chi connectivity index (χ0) is 13.0. The normalized spacial score (nSPS) is 13.5. The maximum absolute atomic E-state index is 7.35. The number of hydrogen-bond donors (Lipinski definition) is 1. The summed E-state index contributed by atoms with van der Waals surface area (Å²) in [6, 6.07) is 5.94. The standard InChI is InChI=1S/C14H15ClN2O/c1-2-7-18-11-3-4-12-10(8-11)5-6-17-13(12)9-14(15)16/h2-4,8,16H,1,5-7,9H2. The van der Waals surface area contributed by atoms with Gasteiger partial charge in [0.25, 0.3) is 0 Å². The fourth-order valence-electron chi connectivity index (χ4n) is 2.00. The van der Waals surface area contributed by atoms with Crippen molar-refractivity contribution in [3.8, 4) is 5.75 Å². The number of hydrogen-bond acceptors (Lipinski definition) is 3. The lowest BCUT2D eigenvalue weighted by Crippen LogP contribution is -2.15. The van der Waals surface area contributed by atoms with Crippen molar-refractivity contribution in [2.45, 2.75) is 12.8 Å². The summed E-state index contributed by atoms with van der Waals surface area (Å²) < 4.78 is 5.51. The van der Waals surface area contributed by atoms with Gasteiger partial charge in [0, 0.05) is 18.7 Å². The number of rotatable bonds is 5. The molecule has 0 spiro atoms. The van der Waals surface area contributed by atoms with E-state index in [1.807, 2.05) is 18.2 Å². The summed E-state index contributed by atoms with van der Waals surface area (Å²) in [4.78, 5) is 4.44. The maximum atomic E-state index is 7.35. The third-order valence-corrected chi connectivity index (χ3v) is 2.90. The first-order chi connectivity index (χ1) is 8.70. The smallest absolute Gasteiger partial charge is 0.120 e. The second-order valence-corrected chi connectivity index (χ2v) is 4.53. The lowest BCUT2D eigenvalue weighted by molar-refractivity contribution is 0.363. The van der Waals surface area contributed by atoms with E-state index in [1.54, 1.807) is 6.08 Å². The molecule has 1 aliphatic rings. The number of halogens is 1. The van der Waals surface area contributed by atoms with Crippen LogP contribution in [0, 0.1) is 5.41 Å². The summed E-state index contributed by atoms with van der Waals surface area (Å²) in [6.07, 6.45) is 3.03. The van der Waals surface area contributed by atoms with Crippen LogP contribution in [0.5, 0.6) is 5.75 Å². The van der Waals surface area contributed by atoms with Crippen molar-refractivity contribution < 1.29 is 4.74 Å². The summed E-state index contributed by atoms with van der Waals surface area (Å²) >= 11 is 5.64. The number of nitrogens with one attached hydrogen (secondary N) is 1. The first-order valence-corrected chi connectivity index (χ1v) is 6.21. The number of nitrogens with zero attached hydrogens (tertiary/aromatic N) is 1. The molecule has 2 rings (SSSR count). The van der Waals surface area contributed by atoms with Gasteiger partial charge in [-0.2, -0.15) is 0 Å². The monoisotopic (exact) mass is 262 g/mol. The van der Waals surface area contributed by atoms with Gasteiger partial charge in [0.2, 0.25) is 0 Å². The minimum absolute atomic E-state index is 0.119. The van der Waals surface area contributed by atoms with Gasteiger partial charge in [0.05, 0.1) is 0 Å². The Bertz CT molecular complexity index is 509. The highest BCUT2D eigenvalue weighted by Crippen LogP contribution is 2.23. The van der Waals surface area contributed by atoms with Crippen molar-refractivity contribution in [1.82, 2.24) is 0 Å². The van der Waals surface area contributed by atoms with E-state index in [2.05, 4.69) is 11.6 Å². The lowest BCUT2D eigenvalue weighted by atomic mass is 9.96. The van der Waals surface area contributed by atoms with E-state index in [9.17, 15) is 0 Å². The zero-order valence-electron chi connectivity index (χ0n) is 10.1. The highest BCUT2D eigenvalue weighted by Gasteiger charge is 2.15. The molecule has 0 aromatic heterocycles. The molecule has 0 bridgehead atoms. The first-order valence-electron chi connectivity index (χ1n) is 5.84. The van der Waals surface area contributed by atoms with Crippen LogP contribution in [0.3, 0.4) is 0 Å². The van der Waals surface area contributed by atoms with Gasteiger partial charge in [-0.3, -0.25) is 10.4 Å². The van der Waals surface area contributed by atoms with Gasteiger partial charge in [-0.1, -0.05) is 24.3 Å². The van der Waals surface area contributed by atoms with Crippen LogP contribution in [0.4, 0.5) is 0 Å². The van der Waals surface area contributed by atoms with E-state index in [-0.39, 0.29) is 5.17 Å². The van der Waals surface area contributed by atoms with Crippen LogP contribution in [-0.2, 0) is 6.42 Å². The highest BCUT2D eigenvalue weighted by atomic mass is 35.5. The summed E-state index contributed by atoms with van der Waals surface area (Å²) in [5, 5.41) is 7.47. The fraction of sp³-hybridized carbons (Fsp3) is 0.286. The molecule has 1 heterocycles. The van der Waals surface area contributed by atoms with Crippen LogP contribution >= 0.6 is 11.6 Å². The van der Waals surface area contributed by atoms with Crippen molar-refractivity contribution in [2.24, 2.45) is 4.99 Å². The molecule has 0 fully saturated rings. The quantitative estimate of drug-likeness (QED) is 0.643. The summed E-state index contributed by atoms with van der Waals surface area (Å²) in [6.45, 7) is 4.88. The molecule has 0 unspecified atom stereocenters. The average Bonchev–Trinajstić information content (AvgIpc) is 2.35. The van der Waals surface area contributed by atoms with E-state index in [0.717, 1.165) is 30.0 Å². The Morgan fingerprint density at radius 2 is 2.39 bits per heavy atom. The molecule has 0 radical (unpaired) electrons. The second-order valence-electron chi connectivity index (χ2n) is 4.08. The predicted octanol–water partition coefficient (Wildman–Crippen LogP) is 3.20. The van der Waals surface area contributed by atoms with Crippen LogP contribution < -0.4 is 4.74 Å². The van der Waals surface area contributed by atoms with E-state index < -0.39 is 0 Å². The average molecular weight is 263 g/mol. The van der Waals surface area contributed by atoms with Crippen LogP contribution in [-0.4, -0.2) is 24.0 Å². The maximum Gasteiger partial charge on any atom is 0.120 e. The lowest BCUT2D eigenvalue weighted by Gasteiger charge is -2.17. The van der Waals surface area contributed by atoms with E-state index in [0.29, 0.717) is 13.0 Å². The Morgan fingerprint density at radius 3 is 3.11 bits per heavy atom. The first kappa shape index (κ1) is 12.8. The van der Waals surface area contributed by atoms with Gasteiger partial charge < -0.3 is 4.74 Å². The van der Waals surface area contributed by atoms with Gasteiger partial charge in [0.15, 0.2) is 0 Å². The molecular formula is C14H15ClN2O. The number of fused-ring (bicyclic) bond motifs is 1. The van der Waals surface area contributed by atoms with Crippen LogP contribution in [0.15, 0.2) is 35.8 Å². The van der Waals surface area contributed by atoms with Gasteiger partial charge in [-0.25, -0.2) is 0 Å². The van der Waals surface area contributed by atoms with Gasteiger partial charge in [-0.05, 0) is 35.7 Å². The third-order valence-electron chi connectivity index (χ3n) is 2.76. The Balaban J connectivity index is 2.24. The molecule has 0 atom stereocenters. The molecule has 1 aromatic carbocycles. The van der Waals surface area contributed by atoms with Crippen molar-refractivity contribution in [1.29, 1.82) is 5.41 Å². The van der Waals surface area contributed by atoms with Crippen molar-refractivity contribution in [3.05, 3.63) is 42.0 Å². The van der Waals surface area contributed by atoms with Crippen LogP contribution in [0.2, 0.25) is 0 Å². The third kappa shape index (κ3) is 2.99. The van der Waals surface area contributed by atoms with Crippen molar-refractivity contribution in [2.75, 3.05) is 13.2 Å². The molecule has 3 nitrogen and oxygen atoms in total. The molecule has 0 aliphatic carbocycles. The summed E-state index contributed by atoms with van der Waals surface area (Å²) in [5.41, 5.74) is 3.18. The van der Waals surface area contributed by atoms with E-state index >= 15 is 0 Å². The summed E-state index contributed by atoms with van der Waals surface area (Å²) in [7, 11) is 0. The molecule has 1 N–H and O–H groups in total. The highest BCUT2D eigenvalue weighted by molar-refractivity contribution is 6.66. The van der Waals surface area contributed by atoms with Crippen LogP contribution in [0.1, 0.15) is 17.5 Å². The largest absolute Gasteiger partial charge is 0.490 e. The van der Waals surface area contributed by atoms with Crippen molar-refractivity contribution >= 4 is 22.5 Å². The van der Waals surface area contributed by atoms with Gasteiger partial charge in [0.1, 0.15) is 17.5 Å². The molecule has 94 valence electrons. The topological polar surface area (TPSA) is 45.4 Å². The van der Waals surface area contributed by atoms with Crippen molar-refractivity contribution in [3.63, 3.8) is 0 Å². The SMILES string of the molecule is C=CCOc1ccc2c(c1)CCN=C2CC(=N)Cl. The molecule has 18 heavy (non-hydrogen) atoms. The zero-order valence-corrected chi connectivity index (χ0v) is 10.8. The van der Waals surface area contributed by atoms with E-state index in [4.69, 9.17) is 21.7 Å². The molecule has 0 saturated carbocycles.